The van der Waals surface area contributed by atoms with Crippen LogP contribution in [0.25, 0.3) is 0 Å². The van der Waals surface area contributed by atoms with Crippen LogP contribution in [0.3, 0.4) is 0 Å². The fraction of sp³-hybridized carbons (Fsp3) is 0. The van der Waals surface area contributed by atoms with Gasteiger partial charge >= 0.3 is 0 Å². The van der Waals surface area contributed by atoms with Crippen LogP contribution in [0.4, 0.5) is 10.1 Å². The Balaban J connectivity index is 2.25. The average molecular weight is 410 g/mol. The molecule has 0 saturated heterocycles. The van der Waals surface area contributed by atoms with E-state index >= 15 is 0 Å². The van der Waals surface area contributed by atoms with Crippen LogP contribution in [0, 0.1) is 9.39 Å². The Morgan fingerprint density at radius 2 is 1.89 bits per heavy atom. The van der Waals surface area contributed by atoms with E-state index in [1.165, 1.54) is 24.3 Å². The highest BCUT2D eigenvalue weighted by molar-refractivity contribution is 14.1. The van der Waals surface area contributed by atoms with Gasteiger partial charge < -0.3 is 5.32 Å². The molecule has 0 radical (unpaired) electrons. The maximum atomic E-state index is 13.6. The minimum atomic E-state index is -0.495. The molecule has 0 aromatic heterocycles. The molecule has 2 nitrogen and oxygen atoms in total. The van der Waals surface area contributed by atoms with Crippen molar-refractivity contribution in [1.29, 1.82) is 0 Å². The SMILES string of the molecule is O=C(Nc1ccc(I)cc1F)c1ccc(Cl)cc1Cl. The fourth-order valence-corrected chi connectivity index (χ4v) is 2.40. The zero-order valence-corrected chi connectivity index (χ0v) is 13.1. The molecule has 0 heterocycles. The van der Waals surface area contributed by atoms with Crippen LogP contribution < -0.4 is 5.32 Å². The number of carbonyl (C=O) groups excluding carboxylic acids is 1. The largest absolute Gasteiger partial charge is 0.319 e. The molecule has 2 rings (SSSR count). The van der Waals surface area contributed by atoms with Crippen LogP contribution in [0.2, 0.25) is 10.0 Å². The average Bonchev–Trinajstić information content (AvgIpc) is 2.32. The predicted octanol–water partition coefficient (Wildman–Crippen LogP) is 4.99. The van der Waals surface area contributed by atoms with E-state index in [-0.39, 0.29) is 16.3 Å². The number of carbonyl (C=O) groups is 1. The van der Waals surface area contributed by atoms with Gasteiger partial charge in [0.1, 0.15) is 5.82 Å². The monoisotopic (exact) mass is 409 g/mol. The summed E-state index contributed by atoms with van der Waals surface area (Å²) in [6, 6.07) is 9.03. The summed E-state index contributed by atoms with van der Waals surface area (Å²) < 4.78 is 14.4. The van der Waals surface area contributed by atoms with Crippen molar-refractivity contribution in [1.82, 2.24) is 0 Å². The second-order valence-corrected chi connectivity index (χ2v) is 5.79. The first-order valence-electron chi connectivity index (χ1n) is 5.19. The van der Waals surface area contributed by atoms with E-state index in [1.807, 2.05) is 22.6 Å². The second-order valence-electron chi connectivity index (χ2n) is 3.70. The van der Waals surface area contributed by atoms with Crippen molar-refractivity contribution in [2.75, 3.05) is 5.32 Å². The van der Waals surface area contributed by atoms with E-state index in [2.05, 4.69) is 5.32 Å². The maximum Gasteiger partial charge on any atom is 0.257 e. The molecule has 6 heteroatoms. The first-order chi connectivity index (χ1) is 8.97. The Bertz CT molecular complexity index is 649. The van der Waals surface area contributed by atoms with Crippen molar-refractivity contribution in [3.8, 4) is 0 Å². The van der Waals surface area contributed by atoms with Gasteiger partial charge in [-0.1, -0.05) is 23.2 Å². The van der Waals surface area contributed by atoms with Gasteiger partial charge in [0.2, 0.25) is 0 Å². The molecule has 2 aromatic carbocycles. The lowest BCUT2D eigenvalue weighted by Crippen LogP contribution is -2.13. The molecular weight excluding hydrogens is 403 g/mol. The van der Waals surface area contributed by atoms with E-state index in [0.29, 0.717) is 5.02 Å². The van der Waals surface area contributed by atoms with Gasteiger partial charge in [0.05, 0.1) is 16.3 Å². The van der Waals surface area contributed by atoms with Gasteiger partial charge in [-0.15, -0.1) is 0 Å². The zero-order chi connectivity index (χ0) is 14.0. The lowest BCUT2D eigenvalue weighted by atomic mass is 10.2. The summed E-state index contributed by atoms with van der Waals surface area (Å²) in [5.74, 6) is -0.980. The molecule has 1 N–H and O–H groups in total. The van der Waals surface area contributed by atoms with Crippen LogP contribution in [0.1, 0.15) is 10.4 Å². The number of anilines is 1. The number of hydrogen-bond acceptors (Lipinski definition) is 1. The number of amides is 1. The van der Waals surface area contributed by atoms with Crippen LogP contribution in [-0.4, -0.2) is 5.91 Å². The van der Waals surface area contributed by atoms with Crippen molar-refractivity contribution in [3.05, 3.63) is 61.4 Å². The molecule has 0 fully saturated rings. The third-order valence-corrected chi connectivity index (χ3v) is 3.57. The summed E-state index contributed by atoms with van der Waals surface area (Å²) in [5, 5.41) is 3.12. The summed E-state index contributed by atoms with van der Waals surface area (Å²) in [5.41, 5.74) is 0.348. The Hall–Kier alpha value is -0.850. The van der Waals surface area contributed by atoms with Gasteiger partial charge in [-0.25, -0.2) is 4.39 Å². The van der Waals surface area contributed by atoms with Crippen LogP contribution >= 0.6 is 45.8 Å². The standard InChI is InChI=1S/C13H7Cl2FINO/c14-7-1-3-9(10(15)5-7)13(19)18-12-4-2-8(17)6-11(12)16/h1-6H,(H,18,19). The molecule has 0 spiro atoms. The first kappa shape index (κ1) is 14.6. The lowest BCUT2D eigenvalue weighted by molar-refractivity contribution is 0.102. The Labute approximate surface area is 133 Å². The van der Waals surface area contributed by atoms with E-state index < -0.39 is 11.7 Å². The van der Waals surface area contributed by atoms with Gasteiger partial charge in [0.15, 0.2) is 0 Å². The molecule has 2 aromatic rings. The third kappa shape index (κ3) is 3.58. The number of halogens is 4. The summed E-state index contributed by atoms with van der Waals surface area (Å²) in [6.45, 7) is 0. The maximum absolute atomic E-state index is 13.6. The minimum Gasteiger partial charge on any atom is -0.319 e. The van der Waals surface area contributed by atoms with Crippen LogP contribution in [-0.2, 0) is 0 Å². The quantitative estimate of drug-likeness (QED) is 0.695. The molecule has 19 heavy (non-hydrogen) atoms. The summed E-state index contributed by atoms with van der Waals surface area (Å²) >= 11 is 13.7. The fourth-order valence-electron chi connectivity index (χ4n) is 1.45. The van der Waals surface area contributed by atoms with E-state index in [0.717, 1.165) is 3.57 Å². The van der Waals surface area contributed by atoms with Crippen LogP contribution in [0.15, 0.2) is 36.4 Å². The van der Waals surface area contributed by atoms with Crippen molar-refractivity contribution in [3.63, 3.8) is 0 Å². The van der Waals surface area contributed by atoms with E-state index in [1.54, 1.807) is 12.1 Å². The Morgan fingerprint density at radius 1 is 1.16 bits per heavy atom. The van der Waals surface area contributed by atoms with Crippen molar-refractivity contribution in [2.45, 2.75) is 0 Å². The molecule has 98 valence electrons. The van der Waals surface area contributed by atoms with Crippen LogP contribution in [0.5, 0.6) is 0 Å². The molecular formula is C13H7Cl2FINO. The van der Waals surface area contributed by atoms with E-state index in [4.69, 9.17) is 23.2 Å². The Kier molecular flexibility index (Phi) is 4.65. The Morgan fingerprint density at radius 3 is 2.53 bits per heavy atom. The molecule has 0 saturated carbocycles. The minimum absolute atomic E-state index is 0.108. The van der Waals surface area contributed by atoms with Gasteiger partial charge in [-0.2, -0.15) is 0 Å². The molecule has 0 aliphatic rings. The molecule has 1 amide bonds. The topological polar surface area (TPSA) is 29.1 Å². The van der Waals surface area contributed by atoms with Crippen molar-refractivity contribution in [2.24, 2.45) is 0 Å². The van der Waals surface area contributed by atoms with Gasteiger partial charge in [0.25, 0.3) is 5.91 Å². The highest BCUT2D eigenvalue weighted by Crippen LogP contribution is 2.23. The summed E-state index contributed by atoms with van der Waals surface area (Å²) in [6.07, 6.45) is 0. The highest BCUT2D eigenvalue weighted by atomic mass is 127. The second kappa shape index (κ2) is 6.07. The molecule has 0 aliphatic carbocycles. The number of nitrogens with one attached hydrogen (secondary N) is 1. The predicted molar refractivity (Wildman–Crippen MR) is 83.5 cm³/mol. The molecule has 0 unspecified atom stereocenters. The first-order valence-corrected chi connectivity index (χ1v) is 7.02. The van der Waals surface area contributed by atoms with Crippen molar-refractivity contribution >= 4 is 57.4 Å². The normalized spacial score (nSPS) is 10.3. The molecule has 0 bridgehead atoms. The summed E-state index contributed by atoms with van der Waals surface area (Å²) in [7, 11) is 0. The lowest BCUT2D eigenvalue weighted by Gasteiger charge is -2.08. The number of rotatable bonds is 2. The number of hydrogen-bond donors (Lipinski definition) is 1. The third-order valence-electron chi connectivity index (χ3n) is 2.36. The van der Waals surface area contributed by atoms with Gasteiger partial charge in [-0.05, 0) is 59.0 Å². The zero-order valence-electron chi connectivity index (χ0n) is 9.38. The van der Waals surface area contributed by atoms with E-state index in [9.17, 15) is 9.18 Å². The smallest absolute Gasteiger partial charge is 0.257 e. The summed E-state index contributed by atoms with van der Waals surface area (Å²) in [4.78, 5) is 12.0. The van der Waals surface area contributed by atoms with Crippen molar-refractivity contribution < 1.29 is 9.18 Å². The van der Waals surface area contributed by atoms with Gasteiger partial charge in [0, 0.05) is 8.59 Å². The molecule has 0 atom stereocenters. The number of benzene rings is 2. The van der Waals surface area contributed by atoms with Gasteiger partial charge in [-0.3, -0.25) is 4.79 Å². The highest BCUT2D eigenvalue weighted by Gasteiger charge is 2.13. The molecule has 0 aliphatic heterocycles.